The average molecular weight is 432 g/mol. The summed E-state index contributed by atoms with van der Waals surface area (Å²) in [5.74, 6) is 0.156. The number of carbonyl (C=O) groups excluding carboxylic acids is 1. The van der Waals surface area contributed by atoms with Crippen molar-refractivity contribution in [1.29, 1.82) is 5.26 Å². The Morgan fingerprint density at radius 3 is 2.65 bits per heavy atom. The van der Waals surface area contributed by atoms with Crippen LogP contribution in [-0.4, -0.2) is 42.0 Å². The second-order valence-corrected chi connectivity index (χ2v) is 9.55. The molecule has 2 fully saturated rings. The fraction of sp³-hybridized carbons (Fsp3) is 0.375. The molecule has 1 aromatic heterocycles. The maximum atomic E-state index is 11.5. The Kier molecular flexibility index (Phi) is 5.34. The molecule has 0 spiro atoms. The quantitative estimate of drug-likeness (QED) is 0.646. The van der Waals surface area contributed by atoms with Crippen LogP contribution in [0, 0.1) is 11.3 Å². The molecule has 0 bridgehead atoms. The van der Waals surface area contributed by atoms with Gasteiger partial charge in [-0.05, 0) is 54.2 Å². The van der Waals surface area contributed by atoms with E-state index in [4.69, 9.17) is 10.7 Å². The van der Waals surface area contributed by atoms with Crippen LogP contribution in [0.4, 0.5) is 5.69 Å². The van der Waals surface area contributed by atoms with E-state index in [1.165, 1.54) is 10.3 Å². The van der Waals surface area contributed by atoms with Crippen LogP contribution in [0.3, 0.4) is 0 Å². The van der Waals surface area contributed by atoms with Crippen molar-refractivity contribution >= 4 is 33.1 Å². The first kappa shape index (κ1) is 20.0. The van der Waals surface area contributed by atoms with E-state index in [0.717, 1.165) is 67.3 Å². The number of primary amides is 1. The highest BCUT2D eigenvalue weighted by Gasteiger charge is 2.29. The van der Waals surface area contributed by atoms with E-state index in [1.807, 2.05) is 12.1 Å². The van der Waals surface area contributed by atoms with E-state index < -0.39 is 0 Å². The first-order valence-electron chi connectivity index (χ1n) is 10.8. The van der Waals surface area contributed by atoms with Crippen LogP contribution in [0.25, 0.3) is 10.2 Å². The number of nitriles is 1. The van der Waals surface area contributed by atoms with Gasteiger partial charge in [-0.15, -0.1) is 11.3 Å². The largest absolute Gasteiger partial charge is 0.369 e. The van der Waals surface area contributed by atoms with E-state index in [0.29, 0.717) is 11.5 Å². The Morgan fingerprint density at radius 1 is 1.19 bits per heavy atom. The molecule has 31 heavy (non-hydrogen) atoms. The molecule has 0 radical (unpaired) electrons. The lowest BCUT2D eigenvalue weighted by Crippen LogP contribution is -2.46. The SMILES string of the molecule is N#Cc1cc(CC(N)=O)c(C2CC2)cc1N1CCN(Cc2nc3ccccc3s2)CC1. The molecule has 3 aromatic rings. The number of para-hydroxylation sites is 1. The van der Waals surface area contributed by atoms with Gasteiger partial charge in [0.05, 0.1) is 34.4 Å². The second-order valence-electron chi connectivity index (χ2n) is 8.44. The summed E-state index contributed by atoms with van der Waals surface area (Å²) in [6, 6.07) is 14.7. The number of thiazole rings is 1. The number of amides is 1. The lowest BCUT2D eigenvalue weighted by atomic mass is 9.95. The van der Waals surface area contributed by atoms with Crippen molar-refractivity contribution < 1.29 is 4.79 Å². The molecule has 0 unspecified atom stereocenters. The van der Waals surface area contributed by atoms with Crippen LogP contribution in [0.5, 0.6) is 0 Å². The summed E-state index contributed by atoms with van der Waals surface area (Å²) in [7, 11) is 0. The van der Waals surface area contributed by atoms with Gasteiger partial charge in [-0.1, -0.05) is 12.1 Å². The summed E-state index contributed by atoms with van der Waals surface area (Å²) in [6.45, 7) is 4.48. The molecule has 1 amide bonds. The third kappa shape index (κ3) is 4.27. The minimum atomic E-state index is -0.345. The topological polar surface area (TPSA) is 86.2 Å². The maximum absolute atomic E-state index is 11.5. The van der Waals surface area contributed by atoms with Crippen molar-refractivity contribution in [1.82, 2.24) is 9.88 Å². The Hall–Kier alpha value is -2.95. The van der Waals surface area contributed by atoms with E-state index >= 15 is 0 Å². The highest BCUT2D eigenvalue weighted by atomic mass is 32.1. The molecule has 1 saturated heterocycles. The summed E-state index contributed by atoms with van der Waals surface area (Å²) in [4.78, 5) is 21.0. The highest BCUT2D eigenvalue weighted by molar-refractivity contribution is 7.18. The summed E-state index contributed by atoms with van der Waals surface area (Å²) in [5, 5.41) is 10.9. The summed E-state index contributed by atoms with van der Waals surface area (Å²) in [5.41, 5.74) is 10.3. The molecule has 1 aliphatic heterocycles. The fourth-order valence-electron chi connectivity index (χ4n) is 4.44. The van der Waals surface area contributed by atoms with Crippen molar-refractivity contribution in [2.24, 2.45) is 5.73 Å². The zero-order chi connectivity index (χ0) is 21.4. The molecule has 1 aliphatic carbocycles. The number of carbonyl (C=O) groups is 1. The number of piperazine rings is 1. The standard InChI is InChI=1S/C24H25N5OS/c25-14-18-11-17(12-23(26)30)19(16-5-6-16)13-21(18)29-9-7-28(8-10-29)15-24-27-20-3-1-2-4-22(20)31-24/h1-4,11,13,16H,5-10,12,15H2,(H2,26,30). The van der Waals surface area contributed by atoms with Crippen LogP contribution in [0.15, 0.2) is 36.4 Å². The minimum Gasteiger partial charge on any atom is -0.369 e. The summed E-state index contributed by atoms with van der Waals surface area (Å²) in [6.07, 6.45) is 2.50. The van der Waals surface area contributed by atoms with Gasteiger partial charge in [-0.2, -0.15) is 5.26 Å². The molecule has 6 nitrogen and oxygen atoms in total. The van der Waals surface area contributed by atoms with E-state index in [2.05, 4.69) is 40.1 Å². The van der Waals surface area contributed by atoms with Crippen LogP contribution < -0.4 is 10.6 Å². The number of aromatic nitrogens is 1. The van der Waals surface area contributed by atoms with E-state index in [1.54, 1.807) is 11.3 Å². The number of fused-ring (bicyclic) bond motifs is 1. The van der Waals surface area contributed by atoms with Gasteiger partial charge in [0.2, 0.25) is 5.91 Å². The Morgan fingerprint density at radius 2 is 1.97 bits per heavy atom. The van der Waals surface area contributed by atoms with Gasteiger partial charge in [-0.3, -0.25) is 9.69 Å². The summed E-state index contributed by atoms with van der Waals surface area (Å²) >= 11 is 1.77. The van der Waals surface area contributed by atoms with Crippen molar-refractivity contribution in [3.63, 3.8) is 0 Å². The first-order chi connectivity index (χ1) is 15.1. The Labute approximate surface area is 185 Å². The molecular weight excluding hydrogens is 406 g/mol. The zero-order valence-corrected chi connectivity index (χ0v) is 18.2. The van der Waals surface area contributed by atoms with Gasteiger partial charge in [0.15, 0.2) is 0 Å². The first-order valence-corrected chi connectivity index (χ1v) is 11.6. The van der Waals surface area contributed by atoms with Gasteiger partial charge in [-0.25, -0.2) is 4.98 Å². The number of anilines is 1. The molecule has 7 heteroatoms. The number of nitrogens with zero attached hydrogens (tertiary/aromatic N) is 4. The molecular formula is C24H25N5OS. The average Bonchev–Trinajstić information content (AvgIpc) is 3.53. The lowest BCUT2D eigenvalue weighted by Gasteiger charge is -2.36. The molecule has 2 N–H and O–H groups in total. The smallest absolute Gasteiger partial charge is 0.221 e. The number of rotatable bonds is 6. The Balaban J connectivity index is 1.31. The van der Waals surface area contributed by atoms with Crippen LogP contribution >= 0.6 is 11.3 Å². The van der Waals surface area contributed by atoms with Crippen molar-refractivity contribution in [3.8, 4) is 6.07 Å². The highest BCUT2D eigenvalue weighted by Crippen LogP contribution is 2.44. The van der Waals surface area contributed by atoms with Crippen molar-refractivity contribution in [3.05, 3.63) is 58.1 Å². The number of hydrogen-bond donors (Lipinski definition) is 1. The molecule has 2 heterocycles. The lowest BCUT2D eigenvalue weighted by molar-refractivity contribution is -0.117. The van der Waals surface area contributed by atoms with Gasteiger partial charge < -0.3 is 10.6 Å². The normalized spacial score (nSPS) is 17.1. The zero-order valence-electron chi connectivity index (χ0n) is 17.4. The monoisotopic (exact) mass is 431 g/mol. The Bertz CT molecular complexity index is 1140. The maximum Gasteiger partial charge on any atom is 0.221 e. The van der Waals surface area contributed by atoms with Gasteiger partial charge >= 0.3 is 0 Å². The third-order valence-electron chi connectivity index (χ3n) is 6.17. The summed E-state index contributed by atoms with van der Waals surface area (Å²) < 4.78 is 1.23. The van der Waals surface area contributed by atoms with Crippen molar-refractivity contribution in [2.45, 2.75) is 31.7 Å². The minimum absolute atomic E-state index is 0.205. The molecule has 5 rings (SSSR count). The van der Waals surface area contributed by atoms with Gasteiger partial charge in [0.1, 0.15) is 11.1 Å². The van der Waals surface area contributed by atoms with Crippen LogP contribution in [-0.2, 0) is 17.8 Å². The number of hydrogen-bond acceptors (Lipinski definition) is 6. The number of nitrogens with two attached hydrogens (primary N) is 1. The molecule has 2 aliphatic rings. The van der Waals surface area contributed by atoms with E-state index in [9.17, 15) is 10.1 Å². The second kappa shape index (κ2) is 8.29. The van der Waals surface area contributed by atoms with E-state index in [-0.39, 0.29) is 12.3 Å². The molecule has 2 aromatic carbocycles. The molecule has 158 valence electrons. The van der Waals surface area contributed by atoms with Gasteiger partial charge in [0, 0.05) is 26.2 Å². The molecule has 1 saturated carbocycles. The van der Waals surface area contributed by atoms with Crippen molar-refractivity contribution in [2.75, 3.05) is 31.1 Å². The fourth-order valence-corrected chi connectivity index (χ4v) is 5.45. The van der Waals surface area contributed by atoms with Crippen LogP contribution in [0.1, 0.15) is 40.5 Å². The predicted octanol–water partition coefficient (Wildman–Crippen LogP) is 3.40. The third-order valence-corrected chi connectivity index (χ3v) is 7.19. The predicted molar refractivity (Wildman–Crippen MR) is 123 cm³/mol. The number of benzene rings is 2. The van der Waals surface area contributed by atoms with Gasteiger partial charge in [0.25, 0.3) is 0 Å². The van der Waals surface area contributed by atoms with Crippen LogP contribution in [0.2, 0.25) is 0 Å². The molecule has 0 atom stereocenters.